The molecule has 0 bridgehead atoms. The third-order valence-corrected chi connectivity index (χ3v) is 4.91. The molecule has 0 saturated heterocycles. The monoisotopic (exact) mass is 285 g/mol. The second kappa shape index (κ2) is 3.44. The van der Waals surface area contributed by atoms with E-state index < -0.39 is 0 Å². The highest BCUT2D eigenvalue weighted by Gasteiger charge is 2.48. The third kappa shape index (κ3) is 1.27. The van der Waals surface area contributed by atoms with Crippen LogP contribution in [0.5, 0.6) is 0 Å². The molecule has 3 heterocycles. The van der Waals surface area contributed by atoms with E-state index in [0.29, 0.717) is 17.1 Å². The summed E-state index contributed by atoms with van der Waals surface area (Å²) >= 11 is 6.03. The number of nitrogens with zero attached hydrogens (tertiary/aromatic N) is 1. The number of pyridine rings is 1. The van der Waals surface area contributed by atoms with Crippen LogP contribution in [-0.2, 0) is 12.8 Å². The summed E-state index contributed by atoms with van der Waals surface area (Å²) in [6.45, 7) is 0. The zero-order chi connectivity index (χ0) is 13.4. The van der Waals surface area contributed by atoms with Gasteiger partial charge in [-0.05, 0) is 36.5 Å². The first-order valence-corrected chi connectivity index (χ1v) is 7.30. The molecule has 5 rings (SSSR count). The molecule has 2 unspecified atom stereocenters. The fourth-order valence-electron chi connectivity index (χ4n) is 3.64. The molecule has 0 spiro atoms. The maximum Gasteiger partial charge on any atom is 0.253 e. The molecule has 2 aliphatic carbocycles. The van der Waals surface area contributed by atoms with Crippen LogP contribution in [-0.4, -0.2) is 21.9 Å². The zero-order valence-corrected chi connectivity index (χ0v) is 11.4. The van der Waals surface area contributed by atoms with Gasteiger partial charge < -0.3 is 10.3 Å². The lowest BCUT2D eigenvalue weighted by molar-refractivity contribution is 0.0943. The van der Waals surface area contributed by atoms with E-state index in [1.54, 1.807) is 0 Å². The number of hydrogen-bond donors (Lipinski definition) is 2. The number of fused-ring (bicyclic) bond motifs is 7. The molecule has 1 saturated carbocycles. The van der Waals surface area contributed by atoms with Gasteiger partial charge in [0.2, 0.25) is 0 Å². The highest BCUT2D eigenvalue weighted by Crippen LogP contribution is 2.49. The van der Waals surface area contributed by atoms with E-state index in [-0.39, 0.29) is 5.91 Å². The number of carbonyl (C=O) groups is 1. The SMILES string of the molecule is O=C1NC2CC2c2[nH]c3c(c21)CCc1cnc(Cl)cc1-3. The Kier molecular flexibility index (Phi) is 1.88. The van der Waals surface area contributed by atoms with E-state index in [2.05, 4.69) is 15.3 Å². The third-order valence-electron chi connectivity index (χ3n) is 4.70. The maximum atomic E-state index is 12.3. The highest BCUT2D eigenvalue weighted by atomic mass is 35.5. The van der Waals surface area contributed by atoms with Gasteiger partial charge >= 0.3 is 0 Å². The van der Waals surface area contributed by atoms with Gasteiger partial charge in [-0.2, -0.15) is 0 Å². The number of hydrogen-bond acceptors (Lipinski definition) is 2. The molecule has 2 aromatic heterocycles. The summed E-state index contributed by atoms with van der Waals surface area (Å²) in [5.74, 6) is 0.564. The van der Waals surface area contributed by atoms with Crippen molar-refractivity contribution in [1.29, 1.82) is 0 Å². The Labute approximate surface area is 120 Å². The van der Waals surface area contributed by atoms with E-state index >= 15 is 0 Å². The van der Waals surface area contributed by atoms with Crippen LogP contribution < -0.4 is 5.32 Å². The summed E-state index contributed by atoms with van der Waals surface area (Å²) < 4.78 is 0. The minimum atomic E-state index is 0.0832. The molecule has 20 heavy (non-hydrogen) atoms. The average Bonchev–Trinajstić information content (AvgIpc) is 3.09. The Balaban J connectivity index is 1.79. The molecule has 1 fully saturated rings. The standard InChI is InChI=1S/C15H12ClN3O/c16-11-4-8-6(5-17-11)1-2-7-12-14(19-13(7)8)9-3-10(9)18-15(12)20/h4-5,9-10,19H,1-3H2,(H,18,20). The molecular formula is C15H12ClN3O. The molecule has 100 valence electrons. The Morgan fingerprint density at radius 3 is 3.15 bits per heavy atom. The second-order valence-electron chi connectivity index (χ2n) is 5.85. The minimum absolute atomic E-state index is 0.0832. The van der Waals surface area contributed by atoms with Crippen LogP contribution in [0.3, 0.4) is 0 Å². The molecule has 2 N–H and O–H groups in total. The number of aromatic nitrogens is 2. The van der Waals surface area contributed by atoms with E-state index in [1.165, 1.54) is 5.56 Å². The Morgan fingerprint density at radius 1 is 1.35 bits per heavy atom. The molecule has 3 aliphatic rings. The van der Waals surface area contributed by atoms with Gasteiger partial charge in [0.1, 0.15) is 5.15 Å². The lowest BCUT2D eigenvalue weighted by atomic mass is 9.89. The summed E-state index contributed by atoms with van der Waals surface area (Å²) in [4.78, 5) is 19.9. The lowest BCUT2D eigenvalue weighted by Gasteiger charge is -2.17. The number of amides is 1. The summed E-state index contributed by atoms with van der Waals surface area (Å²) in [5, 5.41) is 3.58. The molecule has 2 atom stereocenters. The number of H-pyrrole nitrogens is 1. The molecule has 0 radical (unpaired) electrons. The van der Waals surface area contributed by atoms with E-state index in [9.17, 15) is 4.79 Å². The smallest absolute Gasteiger partial charge is 0.253 e. The highest BCUT2D eigenvalue weighted by molar-refractivity contribution is 6.29. The summed E-state index contributed by atoms with van der Waals surface area (Å²) in [7, 11) is 0. The van der Waals surface area contributed by atoms with Gasteiger partial charge in [-0.25, -0.2) is 4.98 Å². The second-order valence-corrected chi connectivity index (χ2v) is 6.24. The summed E-state index contributed by atoms with van der Waals surface area (Å²) in [6, 6.07) is 2.25. The zero-order valence-electron chi connectivity index (χ0n) is 10.7. The largest absolute Gasteiger partial charge is 0.357 e. The first-order valence-electron chi connectivity index (χ1n) is 6.93. The average molecular weight is 286 g/mol. The molecular weight excluding hydrogens is 274 g/mol. The van der Waals surface area contributed by atoms with E-state index in [0.717, 1.165) is 47.3 Å². The van der Waals surface area contributed by atoms with Crippen molar-refractivity contribution in [2.45, 2.75) is 31.2 Å². The van der Waals surface area contributed by atoms with Crippen LogP contribution in [0.25, 0.3) is 11.3 Å². The first-order chi connectivity index (χ1) is 9.72. The van der Waals surface area contributed by atoms with E-state index in [1.807, 2.05) is 12.3 Å². The molecule has 1 aliphatic heterocycles. The van der Waals surface area contributed by atoms with Crippen molar-refractivity contribution in [3.05, 3.63) is 39.8 Å². The fourth-order valence-corrected chi connectivity index (χ4v) is 3.80. The molecule has 1 amide bonds. The molecule has 5 heteroatoms. The van der Waals surface area contributed by atoms with Crippen molar-refractivity contribution in [2.75, 3.05) is 0 Å². The normalized spacial score (nSPS) is 25.1. The van der Waals surface area contributed by atoms with Gasteiger partial charge in [-0.1, -0.05) is 11.6 Å². The van der Waals surface area contributed by atoms with Crippen LogP contribution in [0.4, 0.5) is 0 Å². The quantitative estimate of drug-likeness (QED) is 0.731. The molecule has 0 aromatic carbocycles. The number of halogens is 1. The predicted octanol–water partition coefficient (Wildman–Crippen LogP) is 2.43. The summed E-state index contributed by atoms with van der Waals surface area (Å²) in [6.07, 6.45) is 4.71. The van der Waals surface area contributed by atoms with Crippen LogP contribution >= 0.6 is 11.6 Å². The predicted molar refractivity (Wildman–Crippen MR) is 75.1 cm³/mol. The van der Waals surface area contributed by atoms with Crippen molar-refractivity contribution >= 4 is 17.5 Å². The first kappa shape index (κ1) is 10.9. The fraction of sp³-hybridized carbons (Fsp3) is 0.333. The van der Waals surface area contributed by atoms with Gasteiger partial charge in [-0.15, -0.1) is 0 Å². The van der Waals surface area contributed by atoms with Crippen molar-refractivity contribution in [3.63, 3.8) is 0 Å². The number of aromatic amines is 1. The number of aryl methyl sites for hydroxylation is 1. The minimum Gasteiger partial charge on any atom is -0.357 e. The number of rotatable bonds is 0. The lowest BCUT2D eigenvalue weighted by Crippen LogP contribution is -2.31. The molecule has 2 aromatic rings. The van der Waals surface area contributed by atoms with Crippen LogP contribution in [0, 0.1) is 0 Å². The topological polar surface area (TPSA) is 57.8 Å². The van der Waals surface area contributed by atoms with Gasteiger partial charge in [0, 0.05) is 29.4 Å². The van der Waals surface area contributed by atoms with Crippen LogP contribution in [0.15, 0.2) is 12.3 Å². The molecule has 4 nitrogen and oxygen atoms in total. The van der Waals surface area contributed by atoms with Crippen LogP contribution in [0.1, 0.15) is 39.5 Å². The van der Waals surface area contributed by atoms with Gasteiger partial charge in [-0.3, -0.25) is 4.79 Å². The van der Waals surface area contributed by atoms with Crippen molar-refractivity contribution in [1.82, 2.24) is 15.3 Å². The number of nitrogens with one attached hydrogen (secondary N) is 2. The summed E-state index contributed by atoms with van der Waals surface area (Å²) in [5.41, 5.74) is 6.54. The Hall–Kier alpha value is -1.81. The Morgan fingerprint density at radius 2 is 2.25 bits per heavy atom. The van der Waals surface area contributed by atoms with Crippen LogP contribution in [0.2, 0.25) is 5.15 Å². The van der Waals surface area contributed by atoms with Crippen molar-refractivity contribution in [2.24, 2.45) is 0 Å². The Bertz CT molecular complexity index is 780. The van der Waals surface area contributed by atoms with Crippen molar-refractivity contribution < 1.29 is 4.79 Å². The maximum absolute atomic E-state index is 12.3. The number of carbonyl (C=O) groups excluding carboxylic acids is 1. The van der Waals surface area contributed by atoms with E-state index in [4.69, 9.17) is 11.6 Å². The van der Waals surface area contributed by atoms with Crippen molar-refractivity contribution in [3.8, 4) is 11.3 Å². The van der Waals surface area contributed by atoms with Gasteiger partial charge in [0.05, 0.1) is 11.3 Å². The van der Waals surface area contributed by atoms with Gasteiger partial charge in [0.25, 0.3) is 5.91 Å². The van der Waals surface area contributed by atoms with Gasteiger partial charge in [0.15, 0.2) is 0 Å².